The van der Waals surface area contributed by atoms with Gasteiger partial charge in [-0.2, -0.15) is 0 Å². The van der Waals surface area contributed by atoms with Crippen molar-refractivity contribution in [3.8, 4) is 0 Å². The normalized spacial score (nSPS) is 11.5. The number of benzene rings is 1. The molecule has 3 nitrogen and oxygen atoms in total. The van der Waals surface area contributed by atoms with Crippen LogP contribution in [0.1, 0.15) is 18.1 Å². The highest BCUT2D eigenvalue weighted by Gasteiger charge is 2.04. The molecule has 0 saturated heterocycles. The van der Waals surface area contributed by atoms with Crippen LogP contribution in [0.4, 0.5) is 5.69 Å². The van der Waals surface area contributed by atoms with Crippen LogP contribution in [0.3, 0.4) is 0 Å². The van der Waals surface area contributed by atoms with E-state index in [0.29, 0.717) is 0 Å². The second-order valence-corrected chi connectivity index (χ2v) is 2.90. The van der Waals surface area contributed by atoms with Gasteiger partial charge in [0, 0.05) is 11.3 Å². The lowest BCUT2D eigenvalue weighted by Gasteiger charge is -2.06. The van der Waals surface area contributed by atoms with Crippen LogP contribution < -0.4 is 5.73 Å². The Labute approximate surface area is 78.2 Å². The SMILES string of the molecule is CO/N=C(/C)c1cccc(C)c1N. The van der Waals surface area contributed by atoms with Crippen LogP contribution in [0.25, 0.3) is 0 Å². The third kappa shape index (κ3) is 1.99. The van der Waals surface area contributed by atoms with Crippen molar-refractivity contribution >= 4 is 11.4 Å². The Kier molecular flexibility index (Phi) is 2.90. The van der Waals surface area contributed by atoms with Gasteiger partial charge in [0.15, 0.2) is 0 Å². The van der Waals surface area contributed by atoms with Crippen LogP contribution in [-0.4, -0.2) is 12.8 Å². The zero-order chi connectivity index (χ0) is 9.84. The molecule has 0 heterocycles. The second-order valence-electron chi connectivity index (χ2n) is 2.90. The summed E-state index contributed by atoms with van der Waals surface area (Å²) in [6.07, 6.45) is 0. The molecule has 0 fully saturated rings. The fourth-order valence-corrected chi connectivity index (χ4v) is 1.18. The van der Waals surface area contributed by atoms with E-state index >= 15 is 0 Å². The summed E-state index contributed by atoms with van der Waals surface area (Å²) in [6.45, 7) is 3.84. The van der Waals surface area contributed by atoms with Crippen LogP contribution >= 0.6 is 0 Å². The fourth-order valence-electron chi connectivity index (χ4n) is 1.18. The lowest BCUT2D eigenvalue weighted by molar-refractivity contribution is 0.213. The molecule has 0 amide bonds. The quantitative estimate of drug-likeness (QED) is 0.427. The Morgan fingerprint density at radius 1 is 1.46 bits per heavy atom. The molecular weight excluding hydrogens is 164 g/mol. The fraction of sp³-hybridized carbons (Fsp3) is 0.300. The Hall–Kier alpha value is -1.51. The van der Waals surface area contributed by atoms with E-state index in [4.69, 9.17) is 5.73 Å². The lowest BCUT2D eigenvalue weighted by Crippen LogP contribution is -2.02. The molecule has 1 rings (SSSR count). The second kappa shape index (κ2) is 3.94. The Morgan fingerprint density at radius 3 is 2.77 bits per heavy atom. The number of anilines is 1. The molecule has 0 radical (unpaired) electrons. The number of oxime groups is 1. The molecule has 0 saturated carbocycles. The van der Waals surface area contributed by atoms with E-state index in [1.165, 1.54) is 7.11 Å². The molecule has 0 aliphatic rings. The number of hydrogen-bond donors (Lipinski definition) is 1. The van der Waals surface area contributed by atoms with E-state index in [-0.39, 0.29) is 0 Å². The number of nitrogens with two attached hydrogens (primary N) is 1. The smallest absolute Gasteiger partial charge is 0.106 e. The van der Waals surface area contributed by atoms with Crippen molar-refractivity contribution in [3.05, 3.63) is 29.3 Å². The predicted octanol–water partition coefficient (Wildman–Crippen LogP) is 1.95. The van der Waals surface area contributed by atoms with Crippen LogP contribution in [-0.2, 0) is 4.84 Å². The summed E-state index contributed by atoms with van der Waals surface area (Å²) < 4.78 is 0. The van der Waals surface area contributed by atoms with Gasteiger partial charge in [-0.15, -0.1) is 0 Å². The van der Waals surface area contributed by atoms with Crippen molar-refractivity contribution in [1.29, 1.82) is 0 Å². The van der Waals surface area contributed by atoms with E-state index in [2.05, 4.69) is 9.99 Å². The standard InChI is InChI=1S/C10H14N2O/c1-7-5-4-6-9(10(7)11)8(2)12-13-3/h4-6H,11H2,1-3H3/b12-8-. The molecular formula is C10H14N2O. The monoisotopic (exact) mass is 178 g/mol. The molecule has 0 aromatic heterocycles. The molecule has 0 aliphatic carbocycles. The zero-order valence-electron chi connectivity index (χ0n) is 8.16. The number of rotatable bonds is 2. The molecule has 0 aliphatic heterocycles. The number of nitrogens with zero attached hydrogens (tertiary/aromatic N) is 1. The highest BCUT2D eigenvalue weighted by atomic mass is 16.6. The summed E-state index contributed by atoms with van der Waals surface area (Å²) in [5, 5.41) is 3.83. The molecule has 1 aromatic rings. The summed E-state index contributed by atoms with van der Waals surface area (Å²) in [5.41, 5.74) is 9.43. The maximum absolute atomic E-state index is 5.88. The van der Waals surface area contributed by atoms with E-state index in [1.807, 2.05) is 32.0 Å². The van der Waals surface area contributed by atoms with Crippen molar-refractivity contribution in [2.24, 2.45) is 5.16 Å². The van der Waals surface area contributed by atoms with Crippen LogP contribution in [0, 0.1) is 6.92 Å². The highest BCUT2D eigenvalue weighted by Crippen LogP contribution is 2.17. The van der Waals surface area contributed by atoms with Crippen molar-refractivity contribution in [3.63, 3.8) is 0 Å². The first-order chi connectivity index (χ1) is 6.16. The van der Waals surface area contributed by atoms with E-state index in [0.717, 1.165) is 22.5 Å². The minimum atomic E-state index is 0.765. The van der Waals surface area contributed by atoms with Gasteiger partial charge in [0.05, 0.1) is 5.71 Å². The number of nitrogen functional groups attached to an aromatic ring is 1. The van der Waals surface area contributed by atoms with Gasteiger partial charge >= 0.3 is 0 Å². The molecule has 13 heavy (non-hydrogen) atoms. The molecule has 0 bridgehead atoms. The summed E-state index contributed by atoms with van der Waals surface area (Å²) in [6, 6.07) is 5.86. The number of aryl methyl sites for hydroxylation is 1. The zero-order valence-corrected chi connectivity index (χ0v) is 8.16. The third-order valence-corrected chi connectivity index (χ3v) is 1.94. The average Bonchev–Trinajstić information content (AvgIpc) is 2.10. The first kappa shape index (κ1) is 9.58. The third-order valence-electron chi connectivity index (χ3n) is 1.94. The van der Waals surface area contributed by atoms with E-state index < -0.39 is 0 Å². The van der Waals surface area contributed by atoms with Crippen LogP contribution in [0.5, 0.6) is 0 Å². The first-order valence-corrected chi connectivity index (χ1v) is 4.10. The molecule has 1 aromatic carbocycles. The largest absolute Gasteiger partial charge is 0.399 e. The van der Waals surface area contributed by atoms with Gasteiger partial charge in [-0.1, -0.05) is 23.4 Å². The summed E-state index contributed by atoms with van der Waals surface area (Å²) in [5.74, 6) is 0. The minimum absolute atomic E-state index is 0.765. The predicted molar refractivity (Wildman–Crippen MR) is 54.8 cm³/mol. The highest BCUT2D eigenvalue weighted by molar-refractivity contribution is 6.03. The maximum atomic E-state index is 5.88. The van der Waals surface area contributed by atoms with Gasteiger partial charge in [0.1, 0.15) is 7.11 Å². The number of para-hydroxylation sites is 1. The number of hydrogen-bond acceptors (Lipinski definition) is 3. The Morgan fingerprint density at radius 2 is 2.15 bits per heavy atom. The van der Waals surface area contributed by atoms with Crippen molar-refractivity contribution in [2.45, 2.75) is 13.8 Å². The molecule has 3 heteroatoms. The van der Waals surface area contributed by atoms with Gasteiger partial charge in [-0.3, -0.25) is 0 Å². The molecule has 0 spiro atoms. The summed E-state index contributed by atoms with van der Waals surface area (Å²) in [4.78, 5) is 4.69. The summed E-state index contributed by atoms with van der Waals surface area (Å²) >= 11 is 0. The molecule has 0 atom stereocenters. The molecule has 2 N–H and O–H groups in total. The topological polar surface area (TPSA) is 47.6 Å². The van der Waals surface area contributed by atoms with Crippen molar-refractivity contribution in [2.75, 3.05) is 12.8 Å². The molecule has 0 unspecified atom stereocenters. The first-order valence-electron chi connectivity index (χ1n) is 4.10. The van der Waals surface area contributed by atoms with Gasteiger partial charge in [0.2, 0.25) is 0 Å². The minimum Gasteiger partial charge on any atom is -0.399 e. The van der Waals surface area contributed by atoms with Gasteiger partial charge in [-0.25, -0.2) is 0 Å². The van der Waals surface area contributed by atoms with Crippen molar-refractivity contribution < 1.29 is 4.84 Å². The lowest BCUT2D eigenvalue weighted by atomic mass is 10.1. The van der Waals surface area contributed by atoms with E-state index in [9.17, 15) is 0 Å². The van der Waals surface area contributed by atoms with Crippen LogP contribution in [0.15, 0.2) is 23.4 Å². The van der Waals surface area contributed by atoms with Gasteiger partial charge in [0.25, 0.3) is 0 Å². The average molecular weight is 178 g/mol. The van der Waals surface area contributed by atoms with Crippen LogP contribution in [0.2, 0.25) is 0 Å². The summed E-state index contributed by atoms with van der Waals surface area (Å²) in [7, 11) is 1.52. The van der Waals surface area contributed by atoms with Gasteiger partial charge < -0.3 is 10.6 Å². The Balaban J connectivity index is 3.15. The van der Waals surface area contributed by atoms with Gasteiger partial charge in [-0.05, 0) is 19.4 Å². The van der Waals surface area contributed by atoms with Crippen molar-refractivity contribution in [1.82, 2.24) is 0 Å². The van der Waals surface area contributed by atoms with E-state index in [1.54, 1.807) is 0 Å². The Bertz CT molecular complexity index is 332. The molecule has 70 valence electrons. The maximum Gasteiger partial charge on any atom is 0.106 e.